The number of likely N-dealkylation sites (tertiary alicyclic amines) is 1. The Labute approximate surface area is 225 Å². The van der Waals surface area contributed by atoms with E-state index in [0.29, 0.717) is 31.6 Å². The molecule has 0 bridgehead atoms. The van der Waals surface area contributed by atoms with Crippen molar-refractivity contribution in [2.45, 2.75) is 37.5 Å². The number of sulfonamides is 1. The van der Waals surface area contributed by atoms with Crippen LogP contribution in [0, 0.1) is 24.0 Å². The Balaban J connectivity index is 1.34. The van der Waals surface area contributed by atoms with Gasteiger partial charge in [-0.3, -0.25) is 24.2 Å². The largest absolute Gasteiger partial charge is 0.342 e. The summed E-state index contributed by atoms with van der Waals surface area (Å²) in [5.74, 6) is 0.705. The van der Waals surface area contributed by atoms with Crippen LogP contribution in [0.1, 0.15) is 35.8 Å². The number of aryl methyl sites for hydroxylation is 2. The molecule has 1 aliphatic rings. The maximum Gasteiger partial charge on any atom is 0.269 e. The van der Waals surface area contributed by atoms with E-state index >= 15 is 0 Å². The molecule has 0 spiro atoms. The lowest BCUT2D eigenvalue weighted by atomic mass is 9.89. The Morgan fingerprint density at radius 1 is 1.10 bits per heavy atom. The van der Waals surface area contributed by atoms with E-state index in [0.717, 1.165) is 44.6 Å². The topological polar surface area (TPSA) is 142 Å². The van der Waals surface area contributed by atoms with E-state index < -0.39 is 14.9 Å². The van der Waals surface area contributed by atoms with Crippen LogP contribution in [0.3, 0.4) is 0 Å². The van der Waals surface area contributed by atoms with Gasteiger partial charge >= 0.3 is 0 Å². The van der Waals surface area contributed by atoms with Crippen molar-refractivity contribution in [2.24, 2.45) is 0 Å². The molecule has 12 heteroatoms. The standard InChI is InChI=1S/C27H28N6O5S/c1-18-26-27(30-19(2)29-26)24(16-28-18)20-12-14-31(15-13-20)25(34)17-32(21-6-4-3-5-7-21)39(37,38)23-10-8-22(9-11-23)33(35)36/h3-11,16,20H,12-15,17H2,1-2H3,(H,29,30). The van der Waals surface area contributed by atoms with Gasteiger partial charge in [-0.15, -0.1) is 0 Å². The SMILES string of the molecule is Cc1nc2c(C)ncc(C3CCN(C(=O)CN(c4ccccc4)S(=O)(=O)c4ccc([N+](=O)[O-])cc4)CC3)c2[nH]1. The number of nitro benzene ring substituents is 1. The average molecular weight is 549 g/mol. The van der Waals surface area contributed by atoms with Crippen LogP contribution in [0.25, 0.3) is 11.0 Å². The number of pyridine rings is 1. The van der Waals surface area contributed by atoms with E-state index in [2.05, 4.69) is 15.0 Å². The molecule has 4 aromatic rings. The minimum Gasteiger partial charge on any atom is -0.342 e. The van der Waals surface area contributed by atoms with Gasteiger partial charge in [0, 0.05) is 31.4 Å². The highest BCUT2D eigenvalue weighted by molar-refractivity contribution is 7.92. The van der Waals surface area contributed by atoms with Gasteiger partial charge in [0.2, 0.25) is 5.91 Å². The van der Waals surface area contributed by atoms with Gasteiger partial charge in [0.25, 0.3) is 15.7 Å². The zero-order valence-electron chi connectivity index (χ0n) is 21.6. The van der Waals surface area contributed by atoms with E-state index in [1.807, 2.05) is 20.0 Å². The summed E-state index contributed by atoms with van der Waals surface area (Å²) in [6.45, 7) is 4.41. The third-order valence-corrected chi connectivity index (χ3v) is 8.89. The number of H-pyrrole nitrogens is 1. The maximum atomic E-state index is 13.6. The monoisotopic (exact) mass is 548 g/mol. The number of piperidine rings is 1. The molecule has 5 rings (SSSR count). The van der Waals surface area contributed by atoms with Gasteiger partial charge in [-0.2, -0.15) is 0 Å². The second-order valence-corrected chi connectivity index (χ2v) is 11.5. The molecular formula is C27H28N6O5S. The van der Waals surface area contributed by atoms with Gasteiger partial charge in [-0.25, -0.2) is 13.4 Å². The van der Waals surface area contributed by atoms with Crippen LogP contribution >= 0.6 is 0 Å². The van der Waals surface area contributed by atoms with Crippen molar-refractivity contribution in [1.29, 1.82) is 0 Å². The Hall–Kier alpha value is -4.32. The third-order valence-electron chi connectivity index (χ3n) is 7.10. The number of hydrogen-bond donors (Lipinski definition) is 1. The van der Waals surface area contributed by atoms with Crippen molar-refractivity contribution in [3.8, 4) is 0 Å². The Morgan fingerprint density at radius 2 is 1.77 bits per heavy atom. The first kappa shape index (κ1) is 26.3. The first-order valence-electron chi connectivity index (χ1n) is 12.6. The number of nitro groups is 1. The fourth-order valence-corrected chi connectivity index (χ4v) is 6.42. The number of carbonyl (C=O) groups is 1. The number of benzene rings is 2. The van der Waals surface area contributed by atoms with Gasteiger partial charge in [-0.05, 0) is 62.4 Å². The minimum absolute atomic E-state index is 0.130. The highest BCUT2D eigenvalue weighted by atomic mass is 32.2. The fourth-order valence-electron chi connectivity index (χ4n) is 5.00. The fraction of sp³-hybridized carbons (Fsp3) is 0.296. The van der Waals surface area contributed by atoms with Gasteiger partial charge in [0.05, 0.1) is 26.7 Å². The Bertz CT molecular complexity index is 1630. The van der Waals surface area contributed by atoms with Crippen LogP contribution in [0.4, 0.5) is 11.4 Å². The molecule has 1 N–H and O–H groups in total. The predicted molar refractivity (Wildman–Crippen MR) is 146 cm³/mol. The van der Waals surface area contributed by atoms with E-state index in [1.165, 1.54) is 12.1 Å². The van der Waals surface area contributed by atoms with Crippen LogP contribution in [0.5, 0.6) is 0 Å². The number of aromatic amines is 1. The van der Waals surface area contributed by atoms with Crippen molar-refractivity contribution in [2.75, 3.05) is 23.9 Å². The molecule has 0 atom stereocenters. The Kier molecular flexibility index (Phi) is 7.04. The predicted octanol–water partition coefficient (Wildman–Crippen LogP) is 4.08. The summed E-state index contributed by atoms with van der Waals surface area (Å²) < 4.78 is 28.2. The first-order valence-corrected chi connectivity index (χ1v) is 14.0. The van der Waals surface area contributed by atoms with Crippen LogP contribution in [-0.2, 0) is 14.8 Å². The third kappa shape index (κ3) is 5.19. The molecule has 2 aromatic carbocycles. The van der Waals surface area contributed by atoms with E-state index in [4.69, 9.17) is 0 Å². The molecule has 0 unspecified atom stereocenters. The number of hydrogen-bond acceptors (Lipinski definition) is 7. The summed E-state index contributed by atoms with van der Waals surface area (Å²) in [6, 6.07) is 13.0. The van der Waals surface area contributed by atoms with Crippen molar-refractivity contribution in [3.05, 3.63) is 88.0 Å². The number of imidazole rings is 1. The number of carbonyl (C=O) groups excluding carboxylic acids is 1. The highest BCUT2D eigenvalue weighted by Crippen LogP contribution is 2.33. The molecule has 2 aromatic heterocycles. The van der Waals surface area contributed by atoms with E-state index in [-0.39, 0.29) is 29.0 Å². The molecule has 11 nitrogen and oxygen atoms in total. The van der Waals surface area contributed by atoms with E-state index in [1.54, 1.807) is 35.2 Å². The van der Waals surface area contributed by atoms with E-state index in [9.17, 15) is 23.3 Å². The normalized spacial score (nSPS) is 14.5. The van der Waals surface area contributed by atoms with Crippen molar-refractivity contribution < 1.29 is 18.1 Å². The van der Waals surface area contributed by atoms with Crippen LogP contribution in [-0.4, -0.2) is 58.7 Å². The summed E-state index contributed by atoms with van der Waals surface area (Å²) in [6.07, 6.45) is 3.31. The molecule has 0 radical (unpaired) electrons. The van der Waals surface area contributed by atoms with Gasteiger partial charge < -0.3 is 9.88 Å². The second-order valence-electron chi connectivity index (χ2n) is 9.60. The first-order chi connectivity index (χ1) is 18.6. The molecular weight excluding hydrogens is 520 g/mol. The average Bonchev–Trinajstić information content (AvgIpc) is 3.34. The highest BCUT2D eigenvalue weighted by Gasteiger charge is 2.32. The number of anilines is 1. The lowest BCUT2D eigenvalue weighted by Gasteiger charge is -2.34. The zero-order chi connectivity index (χ0) is 27.7. The van der Waals surface area contributed by atoms with Crippen molar-refractivity contribution in [1.82, 2.24) is 19.9 Å². The summed E-state index contributed by atoms with van der Waals surface area (Å²) in [7, 11) is -4.17. The summed E-state index contributed by atoms with van der Waals surface area (Å²) in [4.78, 5) is 37.8. The van der Waals surface area contributed by atoms with Crippen molar-refractivity contribution >= 4 is 38.3 Å². The number of nitrogens with zero attached hydrogens (tertiary/aromatic N) is 5. The molecule has 1 saturated heterocycles. The van der Waals surface area contributed by atoms with Crippen LogP contribution in [0.15, 0.2) is 65.7 Å². The molecule has 0 saturated carbocycles. The molecule has 202 valence electrons. The summed E-state index contributed by atoms with van der Waals surface area (Å²) in [5.41, 5.74) is 3.90. The minimum atomic E-state index is -4.17. The molecule has 1 amide bonds. The number of nitrogens with one attached hydrogen (secondary N) is 1. The van der Waals surface area contributed by atoms with Crippen LogP contribution in [0.2, 0.25) is 0 Å². The lowest BCUT2D eigenvalue weighted by Crippen LogP contribution is -2.45. The number of non-ortho nitro benzene ring substituents is 1. The Morgan fingerprint density at radius 3 is 2.41 bits per heavy atom. The number of rotatable bonds is 7. The number of amides is 1. The summed E-state index contributed by atoms with van der Waals surface area (Å²) >= 11 is 0. The van der Waals surface area contributed by atoms with Crippen LogP contribution < -0.4 is 4.31 Å². The number of fused-ring (bicyclic) bond motifs is 1. The zero-order valence-corrected chi connectivity index (χ0v) is 22.4. The molecule has 39 heavy (non-hydrogen) atoms. The molecule has 1 fully saturated rings. The van der Waals surface area contributed by atoms with Gasteiger partial charge in [0.1, 0.15) is 17.9 Å². The number of para-hydroxylation sites is 1. The smallest absolute Gasteiger partial charge is 0.269 e. The lowest BCUT2D eigenvalue weighted by molar-refractivity contribution is -0.384. The van der Waals surface area contributed by atoms with Gasteiger partial charge in [0.15, 0.2) is 0 Å². The maximum absolute atomic E-state index is 13.6. The van der Waals surface area contributed by atoms with Gasteiger partial charge in [-0.1, -0.05) is 18.2 Å². The summed E-state index contributed by atoms with van der Waals surface area (Å²) in [5, 5.41) is 11.0. The molecule has 1 aliphatic heterocycles. The van der Waals surface area contributed by atoms with Crippen molar-refractivity contribution in [3.63, 3.8) is 0 Å². The second kappa shape index (κ2) is 10.4. The molecule has 3 heterocycles. The molecule has 0 aliphatic carbocycles. The quantitative estimate of drug-likeness (QED) is 0.271. The number of aromatic nitrogens is 3.